The number of likely N-dealkylation sites (N-methyl/N-ethyl adjacent to an activating group) is 1. The molecule has 0 aliphatic carbocycles. The Labute approximate surface area is 217 Å². The number of thiophene rings is 1. The number of rotatable bonds is 10. The zero-order chi connectivity index (χ0) is 25.0. The first-order chi connectivity index (χ1) is 16.8. The lowest BCUT2D eigenvalue weighted by atomic mass is 10.1. The van der Waals surface area contributed by atoms with Crippen molar-refractivity contribution in [2.75, 3.05) is 25.4 Å². The molecule has 0 saturated heterocycles. The van der Waals surface area contributed by atoms with Crippen molar-refractivity contribution in [3.05, 3.63) is 70.1 Å². The van der Waals surface area contributed by atoms with Gasteiger partial charge >= 0.3 is 0 Å². The highest BCUT2D eigenvalue weighted by Gasteiger charge is 2.20. The minimum atomic E-state index is -3.05. The molecule has 2 aromatic heterocycles. The van der Waals surface area contributed by atoms with Crippen LogP contribution in [0.25, 0.3) is 10.9 Å². The number of hydrogen-bond donors (Lipinski definition) is 3. The van der Waals surface area contributed by atoms with Gasteiger partial charge in [-0.15, -0.1) is 11.3 Å². The second-order valence-electron chi connectivity index (χ2n) is 7.65. The van der Waals surface area contributed by atoms with Gasteiger partial charge in [-0.2, -0.15) is 5.10 Å². The Hall–Kier alpha value is -2.70. The Morgan fingerprint density at radius 1 is 1.20 bits per heavy atom. The molecule has 184 valence electrons. The predicted octanol–water partition coefficient (Wildman–Crippen LogP) is 3.78. The molecule has 8 nitrogen and oxygen atoms in total. The smallest absolute Gasteiger partial charge is 0.234 e. The van der Waals surface area contributed by atoms with Crippen LogP contribution >= 0.6 is 22.9 Å². The zero-order valence-corrected chi connectivity index (χ0v) is 22.2. The van der Waals surface area contributed by atoms with E-state index in [1.807, 2.05) is 47.1 Å². The van der Waals surface area contributed by atoms with E-state index in [1.165, 1.54) is 11.3 Å². The number of methoxy groups -OCH3 is 1. The van der Waals surface area contributed by atoms with E-state index in [-0.39, 0.29) is 12.5 Å². The Morgan fingerprint density at radius 2 is 1.97 bits per heavy atom. The second kappa shape index (κ2) is 10.9. The van der Waals surface area contributed by atoms with Crippen molar-refractivity contribution in [2.45, 2.75) is 17.3 Å². The van der Waals surface area contributed by atoms with Gasteiger partial charge in [0.1, 0.15) is 9.96 Å². The fourth-order valence-corrected chi connectivity index (χ4v) is 6.82. The van der Waals surface area contributed by atoms with Crippen LogP contribution in [0.3, 0.4) is 0 Å². The summed E-state index contributed by atoms with van der Waals surface area (Å²) in [6.07, 6.45) is 0. The molecule has 35 heavy (non-hydrogen) atoms. The third kappa shape index (κ3) is 5.93. The van der Waals surface area contributed by atoms with Crippen LogP contribution in [0.4, 0.5) is 5.82 Å². The highest BCUT2D eigenvalue weighted by molar-refractivity contribution is 8.34. The minimum absolute atomic E-state index is 0.0710. The molecule has 0 saturated carbocycles. The van der Waals surface area contributed by atoms with Crippen molar-refractivity contribution in [1.82, 2.24) is 20.4 Å². The molecule has 1 atom stereocenters. The minimum Gasteiger partial charge on any atom is -0.496 e. The van der Waals surface area contributed by atoms with Crippen molar-refractivity contribution in [1.29, 1.82) is 0 Å². The SMILES string of the molecule is CNCC(=O)NCc1cccc(Cn2nc(NS(=O)(=S)c3ccc(Cl)s3)c3c(OC)cccc32)c1. The summed E-state index contributed by atoms with van der Waals surface area (Å²) in [4.78, 5) is 11.8. The molecule has 4 rings (SSSR count). The fraction of sp³-hybridized carbons (Fsp3) is 0.217. The van der Waals surface area contributed by atoms with Crippen LogP contribution in [-0.4, -0.2) is 40.6 Å². The van der Waals surface area contributed by atoms with Gasteiger partial charge in [-0.1, -0.05) is 41.9 Å². The fourth-order valence-electron chi connectivity index (χ4n) is 3.61. The van der Waals surface area contributed by atoms with E-state index < -0.39 is 8.68 Å². The van der Waals surface area contributed by atoms with Crippen molar-refractivity contribution in [2.24, 2.45) is 0 Å². The topological polar surface area (TPSA) is 97.3 Å². The number of carbonyl (C=O) groups excluding carboxylic acids is 1. The van der Waals surface area contributed by atoms with Crippen LogP contribution in [0.1, 0.15) is 11.1 Å². The molecular weight excluding hydrogens is 526 g/mol. The first-order valence-electron chi connectivity index (χ1n) is 10.6. The maximum Gasteiger partial charge on any atom is 0.234 e. The molecule has 0 spiro atoms. The van der Waals surface area contributed by atoms with Crippen LogP contribution in [0.15, 0.2) is 58.8 Å². The normalized spacial score (nSPS) is 12.9. The maximum absolute atomic E-state index is 13.3. The van der Waals surface area contributed by atoms with E-state index in [2.05, 4.69) is 15.4 Å². The van der Waals surface area contributed by atoms with Gasteiger partial charge in [-0.3, -0.25) is 14.2 Å². The number of halogens is 1. The highest BCUT2D eigenvalue weighted by Crippen LogP contribution is 2.35. The molecule has 0 aliphatic rings. The molecule has 1 amide bonds. The average molecular weight is 550 g/mol. The number of ether oxygens (including phenoxy) is 1. The Kier molecular flexibility index (Phi) is 7.92. The van der Waals surface area contributed by atoms with E-state index in [9.17, 15) is 9.00 Å². The van der Waals surface area contributed by atoms with Gasteiger partial charge in [0.15, 0.2) is 14.5 Å². The summed E-state index contributed by atoms with van der Waals surface area (Å²) < 4.78 is 24.6. The number of nitrogens with one attached hydrogen (secondary N) is 3. The number of anilines is 1. The van der Waals surface area contributed by atoms with E-state index in [1.54, 1.807) is 26.3 Å². The van der Waals surface area contributed by atoms with Crippen molar-refractivity contribution in [3.63, 3.8) is 0 Å². The van der Waals surface area contributed by atoms with Gasteiger partial charge in [-0.05, 0) is 42.4 Å². The molecule has 1 unspecified atom stereocenters. The summed E-state index contributed by atoms with van der Waals surface area (Å²) in [5.41, 5.74) is 2.77. The maximum atomic E-state index is 13.3. The average Bonchev–Trinajstić information content (AvgIpc) is 3.42. The van der Waals surface area contributed by atoms with Crippen molar-refractivity contribution < 1.29 is 13.7 Å². The second-order valence-corrected chi connectivity index (χ2v) is 12.7. The number of benzene rings is 2. The van der Waals surface area contributed by atoms with Gasteiger partial charge in [0.05, 0.1) is 35.4 Å². The standard InChI is InChI=1S/C23H24ClN5O3S3/c1-25-13-20(30)26-12-15-5-3-6-16(11-15)14-29-17-7-4-8-18(32-2)22(17)23(27-29)28-35(31,33)21-10-9-19(24)34-21/h3-11,25H,12-14H2,1-2H3,(H,26,30)(H,27,28). The molecular formula is C23H24ClN5O3S3. The van der Waals surface area contributed by atoms with Gasteiger partial charge in [0.25, 0.3) is 0 Å². The lowest BCUT2D eigenvalue weighted by Gasteiger charge is -2.08. The van der Waals surface area contributed by atoms with Crippen LogP contribution in [0, 0.1) is 0 Å². The molecule has 0 aliphatic heterocycles. The number of fused-ring (bicyclic) bond motifs is 1. The number of nitrogens with zero attached hydrogens (tertiary/aromatic N) is 2. The Balaban J connectivity index is 1.65. The quantitative estimate of drug-likeness (QED) is 0.278. The number of carbonyl (C=O) groups is 1. The third-order valence-corrected chi connectivity index (χ3v) is 9.37. The summed E-state index contributed by atoms with van der Waals surface area (Å²) in [7, 11) is 0.249. The summed E-state index contributed by atoms with van der Waals surface area (Å²) >= 11 is 12.6. The zero-order valence-electron chi connectivity index (χ0n) is 19.0. The summed E-state index contributed by atoms with van der Waals surface area (Å²) in [6, 6.07) is 16.9. The summed E-state index contributed by atoms with van der Waals surface area (Å²) in [6.45, 7) is 1.14. The van der Waals surface area contributed by atoms with E-state index in [4.69, 9.17) is 32.6 Å². The van der Waals surface area contributed by atoms with E-state index >= 15 is 0 Å². The summed E-state index contributed by atoms with van der Waals surface area (Å²) in [5.74, 6) is 0.891. The Bertz CT molecular complexity index is 1470. The van der Waals surface area contributed by atoms with Crippen LogP contribution in [-0.2, 0) is 37.8 Å². The monoisotopic (exact) mass is 549 g/mol. The van der Waals surface area contributed by atoms with Crippen LogP contribution < -0.4 is 20.1 Å². The molecule has 0 radical (unpaired) electrons. The third-order valence-electron chi connectivity index (χ3n) is 5.15. The molecule has 2 aromatic carbocycles. The van der Waals surface area contributed by atoms with Gasteiger partial charge < -0.3 is 15.4 Å². The van der Waals surface area contributed by atoms with Crippen LogP contribution in [0.2, 0.25) is 4.34 Å². The van der Waals surface area contributed by atoms with Gasteiger partial charge in [0, 0.05) is 17.7 Å². The number of hydrogen-bond acceptors (Lipinski definition) is 7. The van der Waals surface area contributed by atoms with Crippen LogP contribution in [0.5, 0.6) is 5.75 Å². The molecule has 0 fully saturated rings. The van der Waals surface area contributed by atoms with E-state index in [0.29, 0.717) is 38.6 Å². The highest BCUT2D eigenvalue weighted by atomic mass is 35.5. The Morgan fingerprint density at radius 3 is 2.69 bits per heavy atom. The summed E-state index contributed by atoms with van der Waals surface area (Å²) in [5, 5.41) is 11.1. The first kappa shape index (κ1) is 25.4. The molecule has 3 N–H and O–H groups in total. The van der Waals surface area contributed by atoms with Gasteiger partial charge in [-0.25, -0.2) is 4.21 Å². The lowest BCUT2D eigenvalue weighted by Crippen LogP contribution is -2.31. The molecule has 4 aromatic rings. The number of amides is 1. The predicted molar refractivity (Wildman–Crippen MR) is 144 cm³/mol. The molecule has 0 bridgehead atoms. The van der Waals surface area contributed by atoms with Crippen molar-refractivity contribution in [3.8, 4) is 5.75 Å². The lowest BCUT2D eigenvalue weighted by molar-refractivity contribution is -0.120. The van der Waals surface area contributed by atoms with Gasteiger partial charge in [0.2, 0.25) is 5.91 Å². The van der Waals surface area contributed by atoms with Crippen molar-refractivity contribution >= 4 is 65.4 Å². The first-order valence-corrected chi connectivity index (χ1v) is 14.3. The largest absolute Gasteiger partial charge is 0.496 e. The van der Waals surface area contributed by atoms with E-state index in [0.717, 1.165) is 16.6 Å². The molecule has 2 heterocycles. The molecule has 12 heteroatoms. The number of aromatic nitrogens is 2.